The van der Waals surface area contributed by atoms with E-state index in [0.29, 0.717) is 30.6 Å². The molecule has 0 fully saturated rings. The molecule has 0 atom stereocenters. The molecular weight excluding hydrogens is 230 g/mol. The summed E-state index contributed by atoms with van der Waals surface area (Å²) in [6.45, 7) is 0. The molecule has 0 bridgehead atoms. The van der Waals surface area contributed by atoms with Crippen LogP contribution in [0.1, 0.15) is 17.5 Å². The first-order valence-corrected chi connectivity index (χ1v) is 5.79. The van der Waals surface area contributed by atoms with E-state index < -0.39 is 0 Å². The molecule has 5 heteroatoms. The Kier molecular flexibility index (Phi) is 2.51. The number of pyridine rings is 1. The van der Waals surface area contributed by atoms with Crippen LogP contribution in [0.3, 0.4) is 0 Å². The highest BCUT2D eigenvalue weighted by Crippen LogP contribution is 2.14. The lowest BCUT2D eigenvalue weighted by molar-refractivity contribution is -0.118. The average molecular weight is 241 g/mol. The van der Waals surface area contributed by atoms with Crippen LogP contribution in [0, 0.1) is 0 Å². The third-order valence-corrected chi connectivity index (χ3v) is 3.07. The Bertz CT molecular complexity index is 662. The third-order valence-electron chi connectivity index (χ3n) is 3.07. The lowest BCUT2D eigenvalue weighted by Crippen LogP contribution is -2.30. The number of hydrogen-bond donors (Lipinski definition) is 0. The summed E-state index contributed by atoms with van der Waals surface area (Å²) in [5.74, 6) is 0.668. The van der Waals surface area contributed by atoms with Crippen LogP contribution < -0.4 is 5.56 Å². The summed E-state index contributed by atoms with van der Waals surface area (Å²) in [5, 5.41) is 4.09. The molecule has 3 rings (SSSR count). The predicted octanol–water partition coefficient (Wildman–Crippen LogP) is 0.685. The molecule has 0 N–H and O–H groups in total. The minimum Gasteiger partial charge on any atom is -0.299 e. The second-order valence-electron chi connectivity index (χ2n) is 4.27. The molecule has 0 saturated heterocycles. The summed E-state index contributed by atoms with van der Waals surface area (Å²) in [6, 6.07) is 5.32. The van der Waals surface area contributed by atoms with Crippen molar-refractivity contribution in [2.24, 2.45) is 0 Å². The van der Waals surface area contributed by atoms with E-state index >= 15 is 0 Å². The van der Waals surface area contributed by atoms with Gasteiger partial charge in [-0.3, -0.25) is 9.59 Å². The van der Waals surface area contributed by atoms with Crippen LogP contribution in [0.4, 0.5) is 0 Å². The first-order valence-electron chi connectivity index (χ1n) is 5.79. The van der Waals surface area contributed by atoms with Gasteiger partial charge in [-0.05, 0) is 24.1 Å². The van der Waals surface area contributed by atoms with Crippen molar-refractivity contribution >= 4 is 5.78 Å². The monoisotopic (exact) mass is 241 g/mol. The molecule has 18 heavy (non-hydrogen) atoms. The van der Waals surface area contributed by atoms with Crippen molar-refractivity contribution in [1.29, 1.82) is 0 Å². The highest BCUT2D eigenvalue weighted by molar-refractivity contribution is 5.82. The van der Waals surface area contributed by atoms with E-state index in [9.17, 15) is 9.59 Å². The van der Waals surface area contributed by atoms with Gasteiger partial charge >= 0.3 is 0 Å². The van der Waals surface area contributed by atoms with Gasteiger partial charge in [0.2, 0.25) is 0 Å². The highest BCUT2D eigenvalue weighted by atomic mass is 16.1. The second kappa shape index (κ2) is 4.18. The molecule has 0 saturated carbocycles. The van der Waals surface area contributed by atoms with Crippen LogP contribution in [0.15, 0.2) is 35.4 Å². The number of aromatic nitrogens is 3. The summed E-state index contributed by atoms with van der Waals surface area (Å²) in [7, 11) is 0. The fourth-order valence-electron chi connectivity index (χ4n) is 2.15. The van der Waals surface area contributed by atoms with Gasteiger partial charge in [0.15, 0.2) is 5.82 Å². The van der Waals surface area contributed by atoms with Gasteiger partial charge in [0, 0.05) is 24.6 Å². The van der Waals surface area contributed by atoms with Crippen LogP contribution in [-0.2, 0) is 17.6 Å². The first kappa shape index (κ1) is 10.8. The lowest BCUT2D eigenvalue weighted by atomic mass is 9.93. The topological polar surface area (TPSA) is 64.8 Å². The summed E-state index contributed by atoms with van der Waals surface area (Å²) >= 11 is 0. The molecule has 0 aliphatic heterocycles. The van der Waals surface area contributed by atoms with E-state index in [0.717, 1.165) is 5.56 Å². The number of carbonyl (C=O) groups is 1. The fraction of sp³-hybridized carbons (Fsp3) is 0.231. The maximum absolute atomic E-state index is 12.3. The molecule has 90 valence electrons. The standard InChI is InChI=1S/C13H11N3O2/c17-10-4-5-11-9(7-10)8-15-16(13(11)18)12-3-1-2-6-14-12/h1-3,6,8H,4-5,7H2. The van der Waals surface area contributed by atoms with E-state index in [1.807, 2.05) is 0 Å². The Morgan fingerprint density at radius 1 is 1.17 bits per heavy atom. The maximum Gasteiger partial charge on any atom is 0.276 e. The molecular formula is C13H11N3O2. The Hall–Kier alpha value is -2.30. The molecule has 0 radical (unpaired) electrons. The van der Waals surface area contributed by atoms with Crippen molar-refractivity contribution in [1.82, 2.24) is 14.8 Å². The van der Waals surface area contributed by atoms with Crippen molar-refractivity contribution in [3.05, 3.63) is 52.1 Å². The molecule has 0 unspecified atom stereocenters. The normalized spacial score (nSPS) is 14.3. The number of fused-ring (bicyclic) bond motifs is 1. The average Bonchev–Trinajstić information content (AvgIpc) is 2.40. The van der Waals surface area contributed by atoms with Crippen LogP contribution in [0.2, 0.25) is 0 Å². The highest BCUT2D eigenvalue weighted by Gasteiger charge is 2.20. The molecule has 1 aliphatic carbocycles. The lowest BCUT2D eigenvalue weighted by Gasteiger charge is -2.14. The molecule has 0 spiro atoms. The molecule has 1 aliphatic rings. The zero-order valence-electron chi connectivity index (χ0n) is 9.67. The maximum atomic E-state index is 12.3. The smallest absolute Gasteiger partial charge is 0.276 e. The zero-order chi connectivity index (χ0) is 12.5. The quantitative estimate of drug-likeness (QED) is 0.736. The van der Waals surface area contributed by atoms with Crippen molar-refractivity contribution in [2.45, 2.75) is 19.3 Å². The van der Waals surface area contributed by atoms with Gasteiger partial charge in [0.1, 0.15) is 5.78 Å². The largest absolute Gasteiger partial charge is 0.299 e. The van der Waals surface area contributed by atoms with E-state index in [1.54, 1.807) is 30.6 Å². The van der Waals surface area contributed by atoms with Gasteiger partial charge in [0.05, 0.1) is 6.20 Å². The molecule has 2 aromatic heterocycles. The summed E-state index contributed by atoms with van der Waals surface area (Å²) in [6.07, 6.45) is 4.48. The Morgan fingerprint density at radius 2 is 2.06 bits per heavy atom. The van der Waals surface area contributed by atoms with Crippen molar-refractivity contribution in [2.75, 3.05) is 0 Å². The van der Waals surface area contributed by atoms with Gasteiger partial charge in [0.25, 0.3) is 5.56 Å². The zero-order valence-corrected chi connectivity index (χ0v) is 9.67. The molecule has 0 amide bonds. The SMILES string of the molecule is O=C1CCc2c(cnn(-c3ccccn3)c2=O)C1. The fourth-order valence-corrected chi connectivity index (χ4v) is 2.15. The number of carbonyl (C=O) groups excluding carboxylic acids is 1. The second-order valence-corrected chi connectivity index (χ2v) is 4.27. The summed E-state index contributed by atoms with van der Waals surface area (Å²) in [5.41, 5.74) is 1.28. The number of rotatable bonds is 1. The third kappa shape index (κ3) is 1.73. The van der Waals surface area contributed by atoms with Crippen LogP contribution >= 0.6 is 0 Å². The van der Waals surface area contributed by atoms with E-state index in [2.05, 4.69) is 10.1 Å². The molecule has 0 aromatic carbocycles. The van der Waals surface area contributed by atoms with Gasteiger partial charge in [-0.1, -0.05) is 6.07 Å². The number of nitrogens with zero attached hydrogens (tertiary/aromatic N) is 3. The van der Waals surface area contributed by atoms with Crippen molar-refractivity contribution in [3.63, 3.8) is 0 Å². The van der Waals surface area contributed by atoms with Crippen molar-refractivity contribution < 1.29 is 4.79 Å². The minimum absolute atomic E-state index is 0.166. The summed E-state index contributed by atoms with van der Waals surface area (Å²) in [4.78, 5) is 27.7. The predicted molar refractivity (Wildman–Crippen MR) is 64.7 cm³/mol. The molecule has 2 aromatic rings. The molecule has 2 heterocycles. The van der Waals surface area contributed by atoms with E-state index in [1.165, 1.54) is 4.68 Å². The Balaban J connectivity index is 2.15. The van der Waals surface area contributed by atoms with Gasteiger partial charge < -0.3 is 0 Å². The Morgan fingerprint density at radius 3 is 2.83 bits per heavy atom. The number of Topliss-reactive ketones (excluding diaryl/α,β-unsaturated/α-hetero) is 1. The van der Waals surface area contributed by atoms with Gasteiger partial charge in [-0.25, -0.2) is 4.98 Å². The minimum atomic E-state index is -0.168. The van der Waals surface area contributed by atoms with E-state index in [-0.39, 0.29) is 11.3 Å². The van der Waals surface area contributed by atoms with Crippen LogP contribution in [0.5, 0.6) is 0 Å². The van der Waals surface area contributed by atoms with Crippen LogP contribution in [0.25, 0.3) is 5.82 Å². The van der Waals surface area contributed by atoms with Gasteiger partial charge in [-0.15, -0.1) is 0 Å². The Labute approximate surface area is 103 Å². The summed E-state index contributed by atoms with van der Waals surface area (Å²) < 4.78 is 1.29. The molecule has 5 nitrogen and oxygen atoms in total. The first-order chi connectivity index (χ1) is 8.75. The number of ketones is 1. The van der Waals surface area contributed by atoms with Gasteiger partial charge in [-0.2, -0.15) is 9.78 Å². The van der Waals surface area contributed by atoms with Crippen LogP contribution in [-0.4, -0.2) is 20.5 Å². The van der Waals surface area contributed by atoms with E-state index in [4.69, 9.17) is 0 Å². The van der Waals surface area contributed by atoms with Crippen molar-refractivity contribution in [3.8, 4) is 5.82 Å². The number of hydrogen-bond acceptors (Lipinski definition) is 4.